The molecule has 5 heteroatoms. The van der Waals surface area contributed by atoms with Gasteiger partial charge in [0.05, 0.1) is 12.8 Å². The quantitative estimate of drug-likeness (QED) is 0.517. The molecule has 0 unspecified atom stereocenters. The number of oxime groups is 1. The van der Waals surface area contributed by atoms with E-state index in [4.69, 9.17) is 9.94 Å². The fraction of sp³-hybridized carbons (Fsp3) is 0.176. The van der Waals surface area contributed by atoms with Crippen LogP contribution in [0.2, 0.25) is 0 Å². The molecule has 3 rings (SSSR count). The van der Waals surface area contributed by atoms with Crippen molar-refractivity contribution in [3.8, 4) is 11.1 Å². The van der Waals surface area contributed by atoms with Crippen LogP contribution in [0, 0.1) is 0 Å². The lowest BCUT2D eigenvalue weighted by Gasteiger charge is -2.14. The van der Waals surface area contributed by atoms with Gasteiger partial charge in [-0.1, -0.05) is 48.5 Å². The number of benzene rings is 2. The minimum absolute atomic E-state index is 0.0460. The first-order valence-corrected chi connectivity index (χ1v) is 7.06. The van der Waals surface area contributed by atoms with Gasteiger partial charge in [0, 0.05) is 5.92 Å². The zero-order chi connectivity index (χ0) is 15.4. The maximum atomic E-state index is 11.6. The van der Waals surface area contributed by atoms with E-state index in [2.05, 4.69) is 34.7 Å². The number of amides is 1. The molecular weight excluding hydrogens is 280 g/mol. The number of fused-ring (bicyclic) bond motifs is 3. The molecule has 0 saturated heterocycles. The van der Waals surface area contributed by atoms with Gasteiger partial charge in [-0.2, -0.15) is 0 Å². The number of nitrogens with one attached hydrogen (secondary N) is 1. The Bertz CT molecular complexity index is 667. The number of nitrogens with zero attached hydrogens (tertiary/aromatic N) is 1. The Balaban J connectivity index is 1.75. The van der Waals surface area contributed by atoms with Crippen molar-refractivity contribution in [2.75, 3.05) is 13.2 Å². The van der Waals surface area contributed by atoms with Gasteiger partial charge in [-0.3, -0.25) is 0 Å². The summed E-state index contributed by atoms with van der Waals surface area (Å²) in [4.78, 5) is 11.6. The molecule has 1 aliphatic rings. The molecule has 0 fully saturated rings. The van der Waals surface area contributed by atoms with Crippen LogP contribution in [0.3, 0.4) is 0 Å². The van der Waals surface area contributed by atoms with Crippen molar-refractivity contribution in [1.29, 1.82) is 0 Å². The Morgan fingerprint density at radius 2 is 1.73 bits per heavy atom. The lowest BCUT2D eigenvalue weighted by Crippen LogP contribution is -2.27. The summed E-state index contributed by atoms with van der Waals surface area (Å²) >= 11 is 0. The highest BCUT2D eigenvalue weighted by molar-refractivity contribution is 5.79. The number of carbonyl (C=O) groups excluding carboxylic acids is 1. The molecule has 5 nitrogen and oxygen atoms in total. The van der Waals surface area contributed by atoms with Gasteiger partial charge in [-0.05, 0) is 22.3 Å². The van der Waals surface area contributed by atoms with E-state index >= 15 is 0 Å². The highest BCUT2D eigenvalue weighted by atomic mass is 16.5. The van der Waals surface area contributed by atoms with E-state index in [-0.39, 0.29) is 19.1 Å². The Kier molecular flexibility index (Phi) is 4.05. The van der Waals surface area contributed by atoms with Gasteiger partial charge in [0.2, 0.25) is 0 Å². The lowest BCUT2D eigenvalue weighted by atomic mass is 9.98. The fourth-order valence-electron chi connectivity index (χ4n) is 2.82. The first kappa shape index (κ1) is 14.1. The summed E-state index contributed by atoms with van der Waals surface area (Å²) in [7, 11) is 0. The van der Waals surface area contributed by atoms with E-state index in [1.807, 2.05) is 24.3 Å². The Labute approximate surface area is 128 Å². The molecular formula is C17H16N2O3. The van der Waals surface area contributed by atoms with Crippen LogP contribution in [0.1, 0.15) is 17.0 Å². The summed E-state index contributed by atoms with van der Waals surface area (Å²) < 4.78 is 5.29. The van der Waals surface area contributed by atoms with E-state index in [9.17, 15) is 4.79 Å². The predicted molar refractivity (Wildman–Crippen MR) is 83.4 cm³/mol. The first-order valence-electron chi connectivity index (χ1n) is 7.06. The minimum atomic E-state index is -0.526. The summed E-state index contributed by atoms with van der Waals surface area (Å²) in [6.07, 6.45) is 0.656. The van der Waals surface area contributed by atoms with Crippen LogP contribution in [-0.2, 0) is 4.74 Å². The van der Waals surface area contributed by atoms with Crippen molar-refractivity contribution in [2.45, 2.75) is 5.92 Å². The Morgan fingerprint density at radius 3 is 2.32 bits per heavy atom. The highest BCUT2D eigenvalue weighted by Gasteiger charge is 2.28. The zero-order valence-electron chi connectivity index (χ0n) is 11.9. The van der Waals surface area contributed by atoms with Crippen LogP contribution in [0.4, 0.5) is 4.79 Å². The largest absolute Gasteiger partial charge is 0.449 e. The van der Waals surface area contributed by atoms with Crippen LogP contribution in [0.15, 0.2) is 53.7 Å². The second-order valence-corrected chi connectivity index (χ2v) is 5.00. The SMILES string of the molecule is O=C(NC/C=N/O)OCC1c2ccccc2-c2ccccc21. The highest BCUT2D eigenvalue weighted by Crippen LogP contribution is 2.44. The van der Waals surface area contributed by atoms with Gasteiger partial charge in [0.1, 0.15) is 6.61 Å². The molecule has 0 saturated carbocycles. The first-order chi connectivity index (χ1) is 10.8. The second kappa shape index (κ2) is 6.30. The summed E-state index contributed by atoms with van der Waals surface area (Å²) in [5.41, 5.74) is 4.74. The predicted octanol–water partition coefficient (Wildman–Crippen LogP) is 2.99. The number of alkyl carbamates (subject to hydrolysis) is 1. The molecule has 0 heterocycles. The molecule has 1 aliphatic carbocycles. The van der Waals surface area contributed by atoms with Gasteiger partial charge in [0.15, 0.2) is 0 Å². The van der Waals surface area contributed by atoms with Crippen LogP contribution in [0.25, 0.3) is 11.1 Å². The molecule has 112 valence electrons. The standard InChI is InChI=1S/C17H16N2O3/c20-17(18-9-10-19-21)22-11-16-14-7-3-1-5-12(14)13-6-2-4-8-15(13)16/h1-8,10,16,21H,9,11H2,(H,18,20)/b19-10+. The fourth-order valence-corrected chi connectivity index (χ4v) is 2.82. The van der Waals surface area contributed by atoms with Crippen molar-refractivity contribution >= 4 is 12.3 Å². The third kappa shape index (κ3) is 2.65. The summed E-state index contributed by atoms with van der Waals surface area (Å²) in [5, 5.41) is 13.6. The van der Waals surface area contributed by atoms with Crippen molar-refractivity contribution in [3.63, 3.8) is 0 Å². The number of carbonyl (C=O) groups is 1. The van der Waals surface area contributed by atoms with E-state index in [0.717, 1.165) is 0 Å². The van der Waals surface area contributed by atoms with Gasteiger partial charge in [-0.25, -0.2) is 4.79 Å². The van der Waals surface area contributed by atoms with Crippen molar-refractivity contribution in [2.24, 2.45) is 5.16 Å². The molecule has 2 aromatic carbocycles. The maximum absolute atomic E-state index is 11.6. The zero-order valence-corrected chi connectivity index (χ0v) is 11.9. The van der Waals surface area contributed by atoms with Crippen molar-refractivity contribution in [3.05, 3.63) is 59.7 Å². The summed E-state index contributed by atoms with van der Waals surface area (Å²) in [6.45, 7) is 0.406. The molecule has 0 spiro atoms. The summed E-state index contributed by atoms with van der Waals surface area (Å²) in [5.74, 6) is 0.0460. The third-order valence-corrected chi connectivity index (χ3v) is 3.76. The Hall–Kier alpha value is -2.82. The van der Waals surface area contributed by atoms with Crippen molar-refractivity contribution in [1.82, 2.24) is 5.32 Å². The van der Waals surface area contributed by atoms with Crippen LogP contribution in [-0.4, -0.2) is 30.7 Å². The third-order valence-electron chi connectivity index (χ3n) is 3.76. The number of ether oxygens (including phenoxy) is 1. The average Bonchev–Trinajstić information content (AvgIpc) is 2.87. The second-order valence-electron chi connectivity index (χ2n) is 5.00. The lowest BCUT2D eigenvalue weighted by molar-refractivity contribution is 0.144. The minimum Gasteiger partial charge on any atom is -0.449 e. The van der Waals surface area contributed by atoms with E-state index < -0.39 is 6.09 Å². The van der Waals surface area contributed by atoms with Gasteiger partial charge >= 0.3 is 6.09 Å². The topological polar surface area (TPSA) is 70.9 Å². The number of hydrogen-bond acceptors (Lipinski definition) is 4. The van der Waals surface area contributed by atoms with Crippen molar-refractivity contribution < 1.29 is 14.7 Å². The van der Waals surface area contributed by atoms with Crippen LogP contribution < -0.4 is 5.32 Å². The molecule has 0 aliphatic heterocycles. The molecule has 0 atom stereocenters. The molecule has 0 radical (unpaired) electrons. The molecule has 22 heavy (non-hydrogen) atoms. The molecule has 0 aromatic heterocycles. The normalized spacial score (nSPS) is 12.9. The average molecular weight is 296 g/mol. The van der Waals surface area contributed by atoms with E-state index in [1.54, 1.807) is 0 Å². The smallest absolute Gasteiger partial charge is 0.407 e. The molecule has 2 aromatic rings. The monoisotopic (exact) mass is 296 g/mol. The van der Waals surface area contributed by atoms with Crippen LogP contribution >= 0.6 is 0 Å². The molecule has 0 bridgehead atoms. The van der Waals surface area contributed by atoms with Gasteiger partial charge in [0.25, 0.3) is 0 Å². The Morgan fingerprint density at radius 1 is 1.14 bits per heavy atom. The van der Waals surface area contributed by atoms with Crippen LogP contribution in [0.5, 0.6) is 0 Å². The van der Waals surface area contributed by atoms with Gasteiger partial charge in [-0.15, -0.1) is 5.16 Å². The number of hydrogen-bond donors (Lipinski definition) is 2. The van der Waals surface area contributed by atoms with Gasteiger partial charge < -0.3 is 15.3 Å². The van der Waals surface area contributed by atoms with E-state index in [1.165, 1.54) is 28.5 Å². The molecule has 2 N–H and O–H groups in total. The van der Waals surface area contributed by atoms with E-state index in [0.29, 0.717) is 0 Å². The summed E-state index contributed by atoms with van der Waals surface area (Å²) in [6, 6.07) is 16.3. The maximum Gasteiger partial charge on any atom is 0.407 e. The number of rotatable bonds is 4. The molecule has 1 amide bonds.